The minimum atomic E-state index is -0.173. The summed E-state index contributed by atoms with van der Waals surface area (Å²) in [4.78, 5) is 13.4. The molecule has 0 N–H and O–H groups in total. The molecule has 3 nitrogen and oxygen atoms in total. The Labute approximate surface area is 108 Å². The lowest BCUT2D eigenvalue weighted by Crippen LogP contribution is -2.27. The number of unbranched alkanes of at least 4 members (excludes halogenated alkanes) is 1. The lowest BCUT2D eigenvalue weighted by Gasteiger charge is -2.20. The summed E-state index contributed by atoms with van der Waals surface area (Å²) in [6.45, 7) is 8.46. The van der Waals surface area contributed by atoms with Gasteiger partial charge in [0.25, 0.3) is 0 Å². The summed E-state index contributed by atoms with van der Waals surface area (Å²) in [5, 5.41) is 0. The monoisotopic (exact) mass is 263 g/mol. The smallest absolute Gasteiger partial charge is 0.316 e. The predicted molar refractivity (Wildman–Crippen MR) is 73.8 cm³/mol. The number of ether oxygens (including phenoxy) is 1. The van der Waals surface area contributed by atoms with Gasteiger partial charge in [-0.05, 0) is 20.3 Å². The fourth-order valence-corrected chi connectivity index (χ4v) is 2.27. The summed E-state index contributed by atoms with van der Waals surface area (Å²) in [6.07, 6.45) is 1.97. The van der Waals surface area contributed by atoms with Crippen LogP contribution in [0.25, 0.3) is 0 Å². The summed E-state index contributed by atoms with van der Waals surface area (Å²) in [7, 11) is 0. The summed E-state index contributed by atoms with van der Waals surface area (Å²) in [5.74, 6) is 0.145. The summed E-state index contributed by atoms with van der Waals surface area (Å²) in [5.41, 5.74) is 0. The van der Waals surface area contributed by atoms with Crippen LogP contribution < -0.4 is 0 Å². The molecule has 0 bridgehead atoms. The van der Waals surface area contributed by atoms with Crippen LogP contribution in [-0.4, -0.2) is 40.6 Å². The minimum absolute atomic E-state index is 0.173. The Hall–Kier alpha value is -0.290. The molecule has 0 aliphatic heterocycles. The maximum Gasteiger partial charge on any atom is 0.316 e. The van der Waals surface area contributed by atoms with Crippen LogP contribution in [0.3, 0.4) is 0 Å². The maximum atomic E-state index is 11.3. The number of carbonyl (C=O) groups is 1. The molecule has 0 spiro atoms. The third-order valence-electron chi connectivity index (χ3n) is 2.10. The van der Waals surface area contributed by atoms with Crippen LogP contribution in [-0.2, 0) is 9.53 Å². The average molecular weight is 263 g/mol. The number of nitrogens with zero attached hydrogens (tertiary/aromatic N) is 1. The molecule has 94 valence electrons. The number of carbonyl (C=O) groups excluding carboxylic acids is 1. The molecule has 0 radical (unpaired) electrons. The van der Waals surface area contributed by atoms with Crippen molar-refractivity contribution >= 4 is 34.3 Å². The topological polar surface area (TPSA) is 29.5 Å². The van der Waals surface area contributed by atoms with Gasteiger partial charge in [-0.25, -0.2) is 0 Å². The lowest BCUT2D eigenvalue weighted by atomic mass is 10.4. The van der Waals surface area contributed by atoms with Crippen LogP contribution in [0.15, 0.2) is 0 Å². The third kappa shape index (κ3) is 7.06. The molecule has 5 heteroatoms. The van der Waals surface area contributed by atoms with Gasteiger partial charge in [-0.15, -0.1) is 0 Å². The first-order valence-corrected chi connectivity index (χ1v) is 7.12. The summed E-state index contributed by atoms with van der Waals surface area (Å²) in [6, 6.07) is 0. The van der Waals surface area contributed by atoms with E-state index in [4.69, 9.17) is 17.0 Å². The van der Waals surface area contributed by atoms with Gasteiger partial charge in [-0.2, -0.15) is 0 Å². The van der Waals surface area contributed by atoms with Crippen molar-refractivity contribution in [2.24, 2.45) is 0 Å². The number of esters is 1. The van der Waals surface area contributed by atoms with Crippen molar-refractivity contribution in [3.05, 3.63) is 0 Å². The Balaban J connectivity index is 3.70. The lowest BCUT2D eigenvalue weighted by molar-refractivity contribution is -0.140. The van der Waals surface area contributed by atoms with E-state index in [9.17, 15) is 4.79 Å². The highest BCUT2D eigenvalue weighted by Gasteiger charge is 2.09. The van der Waals surface area contributed by atoms with Gasteiger partial charge >= 0.3 is 5.97 Å². The number of hydrogen-bond acceptors (Lipinski definition) is 4. The van der Waals surface area contributed by atoms with E-state index in [-0.39, 0.29) is 5.97 Å². The minimum Gasteiger partial charge on any atom is -0.465 e. The number of thioether (sulfide) groups is 1. The largest absolute Gasteiger partial charge is 0.465 e. The SMILES string of the molecule is CCCCOC(=O)CSC(=S)N(CC)CC. The highest BCUT2D eigenvalue weighted by Crippen LogP contribution is 2.09. The van der Waals surface area contributed by atoms with Crippen LogP contribution >= 0.6 is 24.0 Å². The molecule has 0 heterocycles. The van der Waals surface area contributed by atoms with Crippen LogP contribution in [0.4, 0.5) is 0 Å². The third-order valence-corrected chi connectivity index (χ3v) is 3.59. The van der Waals surface area contributed by atoms with Gasteiger partial charge in [0.2, 0.25) is 0 Å². The number of rotatable bonds is 7. The number of thiocarbonyl (C=S) groups is 1. The molecule has 0 amide bonds. The van der Waals surface area contributed by atoms with Crippen LogP contribution in [0.1, 0.15) is 33.6 Å². The molecule has 0 aromatic rings. The van der Waals surface area contributed by atoms with Gasteiger partial charge in [-0.1, -0.05) is 37.3 Å². The molecule has 0 rings (SSSR count). The zero-order valence-electron chi connectivity index (χ0n) is 10.3. The van der Waals surface area contributed by atoms with Gasteiger partial charge in [0.1, 0.15) is 4.32 Å². The van der Waals surface area contributed by atoms with Gasteiger partial charge in [0, 0.05) is 13.1 Å². The van der Waals surface area contributed by atoms with Crippen LogP contribution in [0.5, 0.6) is 0 Å². The Morgan fingerprint density at radius 1 is 1.31 bits per heavy atom. The average Bonchev–Trinajstić information content (AvgIpc) is 2.28. The van der Waals surface area contributed by atoms with Crippen LogP contribution in [0.2, 0.25) is 0 Å². The molecular weight excluding hydrogens is 242 g/mol. The molecule has 16 heavy (non-hydrogen) atoms. The molecule has 0 saturated heterocycles. The Morgan fingerprint density at radius 3 is 2.44 bits per heavy atom. The van der Waals surface area contributed by atoms with Gasteiger partial charge in [0.05, 0.1) is 12.4 Å². The van der Waals surface area contributed by atoms with Crippen molar-refractivity contribution in [2.45, 2.75) is 33.6 Å². The quantitative estimate of drug-likeness (QED) is 0.400. The Morgan fingerprint density at radius 2 is 1.94 bits per heavy atom. The van der Waals surface area contributed by atoms with E-state index in [0.29, 0.717) is 12.4 Å². The normalized spacial score (nSPS) is 9.94. The van der Waals surface area contributed by atoms with Crippen LogP contribution in [0, 0.1) is 0 Å². The van der Waals surface area contributed by atoms with E-state index in [0.717, 1.165) is 30.3 Å². The Kier molecular flexibility index (Phi) is 9.72. The second kappa shape index (κ2) is 9.90. The first-order chi connectivity index (χ1) is 7.65. The van der Waals surface area contributed by atoms with Crippen molar-refractivity contribution in [1.82, 2.24) is 4.90 Å². The zero-order valence-corrected chi connectivity index (χ0v) is 12.0. The molecule has 0 aromatic heterocycles. The second-order valence-electron chi connectivity index (χ2n) is 3.30. The first-order valence-electron chi connectivity index (χ1n) is 5.72. The maximum absolute atomic E-state index is 11.3. The van der Waals surface area contributed by atoms with E-state index < -0.39 is 0 Å². The van der Waals surface area contributed by atoms with Crippen molar-refractivity contribution < 1.29 is 9.53 Å². The van der Waals surface area contributed by atoms with E-state index in [1.165, 1.54) is 11.8 Å². The molecule has 0 aromatic carbocycles. The van der Waals surface area contributed by atoms with Gasteiger partial charge < -0.3 is 9.64 Å². The highest BCUT2D eigenvalue weighted by molar-refractivity contribution is 8.23. The molecule has 0 fully saturated rings. The van der Waals surface area contributed by atoms with E-state index in [1.807, 2.05) is 0 Å². The fourth-order valence-electron chi connectivity index (χ4n) is 1.07. The van der Waals surface area contributed by atoms with Crippen molar-refractivity contribution in [1.29, 1.82) is 0 Å². The van der Waals surface area contributed by atoms with Crippen molar-refractivity contribution in [3.63, 3.8) is 0 Å². The summed E-state index contributed by atoms with van der Waals surface area (Å²) < 4.78 is 5.82. The molecule has 0 unspecified atom stereocenters. The van der Waals surface area contributed by atoms with E-state index >= 15 is 0 Å². The van der Waals surface area contributed by atoms with E-state index in [1.54, 1.807) is 0 Å². The summed E-state index contributed by atoms with van der Waals surface area (Å²) >= 11 is 6.59. The van der Waals surface area contributed by atoms with Gasteiger partial charge in [-0.3, -0.25) is 4.79 Å². The predicted octanol–water partition coefficient (Wildman–Crippen LogP) is 2.69. The molecule has 0 saturated carbocycles. The van der Waals surface area contributed by atoms with Crippen molar-refractivity contribution in [3.8, 4) is 0 Å². The fraction of sp³-hybridized carbons (Fsp3) is 0.818. The first kappa shape index (κ1) is 15.7. The Bertz CT molecular complexity index is 218. The molecule has 0 aliphatic rings. The number of hydrogen-bond donors (Lipinski definition) is 0. The van der Waals surface area contributed by atoms with Crippen molar-refractivity contribution in [2.75, 3.05) is 25.4 Å². The standard InChI is InChI=1S/C11H21NO2S2/c1-4-7-8-14-10(13)9-16-11(15)12(5-2)6-3/h4-9H2,1-3H3. The molecule has 0 aliphatic carbocycles. The molecular formula is C11H21NO2S2. The second-order valence-corrected chi connectivity index (χ2v) is 4.91. The molecule has 0 atom stereocenters. The highest BCUT2D eigenvalue weighted by atomic mass is 32.2. The van der Waals surface area contributed by atoms with Gasteiger partial charge in [0.15, 0.2) is 0 Å². The zero-order chi connectivity index (χ0) is 12.4. The van der Waals surface area contributed by atoms with E-state index in [2.05, 4.69) is 25.7 Å².